The lowest BCUT2D eigenvalue weighted by atomic mass is 10.2. The molecule has 0 fully saturated rings. The molecule has 4 heteroatoms. The molecule has 0 aliphatic rings. The standard InChI is InChI=1S/C13H17BrN2S/c1-3-17-5-4-10(2)16-13-7-11(9-15)6-12(14)8-13/h6-8,10,16H,3-5H2,1-2H3. The van der Waals surface area contributed by atoms with Crippen LogP contribution in [0.5, 0.6) is 0 Å². The Morgan fingerprint density at radius 3 is 2.88 bits per heavy atom. The van der Waals surface area contributed by atoms with E-state index in [4.69, 9.17) is 5.26 Å². The zero-order chi connectivity index (χ0) is 12.7. The number of benzene rings is 1. The van der Waals surface area contributed by atoms with Crippen LogP contribution in [0.15, 0.2) is 22.7 Å². The summed E-state index contributed by atoms with van der Waals surface area (Å²) in [7, 11) is 0. The molecule has 2 nitrogen and oxygen atoms in total. The zero-order valence-electron chi connectivity index (χ0n) is 10.2. The third kappa shape index (κ3) is 5.47. The minimum absolute atomic E-state index is 0.426. The summed E-state index contributed by atoms with van der Waals surface area (Å²) in [5.74, 6) is 2.34. The van der Waals surface area contributed by atoms with Gasteiger partial charge in [-0.05, 0) is 43.0 Å². The second-order valence-electron chi connectivity index (χ2n) is 3.87. The van der Waals surface area contributed by atoms with Gasteiger partial charge in [0.05, 0.1) is 11.6 Å². The number of hydrogen-bond acceptors (Lipinski definition) is 3. The molecule has 0 aromatic heterocycles. The molecule has 0 saturated carbocycles. The number of halogens is 1. The van der Waals surface area contributed by atoms with Crippen LogP contribution in [0.4, 0.5) is 5.69 Å². The quantitative estimate of drug-likeness (QED) is 0.797. The summed E-state index contributed by atoms with van der Waals surface area (Å²) in [6.07, 6.45) is 1.13. The van der Waals surface area contributed by atoms with Gasteiger partial charge in [-0.25, -0.2) is 0 Å². The number of thioether (sulfide) groups is 1. The first-order chi connectivity index (χ1) is 8.15. The lowest BCUT2D eigenvalue weighted by Gasteiger charge is -2.15. The summed E-state index contributed by atoms with van der Waals surface area (Å²) < 4.78 is 0.939. The molecule has 17 heavy (non-hydrogen) atoms. The van der Waals surface area contributed by atoms with E-state index in [1.54, 1.807) is 0 Å². The van der Waals surface area contributed by atoms with Gasteiger partial charge in [0.1, 0.15) is 0 Å². The third-order valence-electron chi connectivity index (χ3n) is 2.34. The van der Waals surface area contributed by atoms with Crippen LogP contribution in [0.3, 0.4) is 0 Å². The van der Waals surface area contributed by atoms with E-state index in [1.165, 1.54) is 11.5 Å². The first-order valence-electron chi connectivity index (χ1n) is 5.70. The van der Waals surface area contributed by atoms with E-state index in [0.29, 0.717) is 11.6 Å². The molecule has 0 radical (unpaired) electrons. The van der Waals surface area contributed by atoms with E-state index in [0.717, 1.165) is 16.6 Å². The van der Waals surface area contributed by atoms with Crippen molar-refractivity contribution in [3.05, 3.63) is 28.2 Å². The lowest BCUT2D eigenvalue weighted by molar-refractivity contribution is 0.771. The Morgan fingerprint density at radius 1 is 1.47 bits per heavy atom. The summed E-state index contributed by atoms with van der Waals surface area (Å²) >= 11 is 5.37. The average molecular weight is 313 g/mol. The molecule has 0 aliphatic carbocycles. The molecule has 1 aromatic rings. The zero-order valence-corrected chi connectivity index (χ0v) is 12.6. The van der Waals surface area contributed by atoms with Crippen LogP contribution >= 0.6 is 27.7 Å². The van der Waals surface area contributed by atoms with Crippen molar-refractivity contribution in [2.24, 2.45) is 0 Å². The van der Waals surface area contributed by atoms with Crippen molar-refractivity contribution in [2.75, 3.05) is 16.8 Å². The second kappa shape index (κ2) is 7.62. The Bertz CT molecular complexity index is 401. The van der Waals surface area contributed by atoms with Gasteiger partial charge in [0, 0.05) is 16.2 Å². The highest BCUT2D eigenvalue weighted by Crippen LogP contribution is 2.20. The van der Waals surface area contributed by atoms with E-state index in [-0.39, 0.29) is 0 Å². The van der Waals surface area contributed by atoms with Gasteiger partial charge in [-0.15, -0.1) is 0 Å². The van der Waals surface area contributed by atoms with Crippen LogP contribution in [-0.2, 0) is 0 Å². The highest BCUT2D eigenvalue weighted by molar-refractivity contribution is 9.10. The van der Waals surface area contributed by atoms with Crippen LogP contribution in [0.2, 0.25) is 0 Å². The molecule has 0 aliphatic heterocycles. The van der Waals surface area contributed by atoms with Gasteiger partial charge in [0.15, 0.2) is 0 Å². The van der Waals surface area contributed by atoms with Gasteiger partial charge in [-0.3, -0.25) is 0 Å². The first kappa shape index (κ1) is 14.4. The number of rotatable bonds is 6. The number of hydrogen-bond donors (Lipinski definition) is 1. The number of nitriles is 1. The minimum Gasteiger partial charge on any atom is -0.382 e. The van der Waals surface area contributed by atoms with Gasteiger partial charge in [-0.1, -0.05) is 22.9 Å². The Labute approximate surface area is 116 Å². The Balaban J connectivity index is 2.56. The predicted octanol–water partition coefficient (Wildman–Crippen LogP) is 4.26. The molecular formula is C13H17BrN2S. The lowest BCUT2D eigenvalue weighted by Crippen LogP contribution is -2.16. The highest BCUT2D eigenvalue weighted by Gasteiger charge is 2.04. The number of nitrogens with one attached hydrogen (secondary N) is 1. The molecule has 1 atom stereocenters. The molecule has 92 valence electrons. The van der Waals surface area contributed by atoms with E-state index in [2.05, 4.69) is 41.2 Å². The molecular weight excluding hydrogens is 296 g/mol. The number of nitrogens with zero attached hydrogens (tertiary/aromatic N) is 1. The smallest absolute Gasteiger partial charge is 0.0992 e. The minimum atomic E-state index is 0.426. The Kier molecular flexibility index (Phi) is 6.46. The van der Waals surface area contributed by atoms with Crippen molar-refractivity contribution in [3.63, 3.8) is 0 Å². The van der Waals surface area contributed by atoms with Gasteiger partial charge in [0.25, 0.3) is 0 Å². The van der Waals surface area contributed by atoms with Crippen molar-refractivity contribution in [1.82, 2.24) is 0 Å². The molecule has 0 amide bonds. The van der Waals surface area contributed by atoms with Crippen LogP contribution in [0.1, 0.15) is 25.8 Å². The molecule has 0 heterocycles. The Hall–Kier alpha value is -0.660. The SMILES string of the molecule is CCSCCC(C)Nc1cc(Br)cc(C#N)c1. The van der Waals surface area contributed by atoms with Crippen molar-refractivity contribution in [2.45, 2.75) is 26.3 Å². The van der Waals surface area contributed by atoms with Crippen molar-refractivity contribution in [1.29, 1.82) is 5.26 Å². The average Bonchev–Trinajstić information content (AvgIpc) is 2.28. The summed E-state index contributed by atoms with van der Waals surface area (Å²) in [4.78, 5) is 0. The first-order valence-corrected chi connectivity index (χ1v) is 7.65. The van der Waals surface area contributed by atoms with Crippen molar-refractivity contribution < 1.29 is 0 Å². The van der Waals surface area contributed by atoms with Gasteiger partial charge >= 0.3 is 0 Å². The topological polar surface area (TPSA) is 35.8 Å². The molecule has 0 saturated heterocycles. The van der Waals surface area contributed by atoms with E-state index in [1.807, 2.05) is 30.0 Å². The van der Waals surface area contributed by atoms with Gasteiger partial charge in [0.2, 0.25) is 0 Å². The van der Waals surface area contributed by atoms with Crippen LogP contribution in [-0.4, -0.2) is 17.5 Å². The Morgan fingerprint density at radius 2 is 2.24 bits per heavy atom. The fourth-order valence-corrected chi connectivity index (χ4v) is 2.80. The van der Waals surface area contributed by atoms with E-state index < -0.39 is 0 Å². The van der Waals surface area contributed by atoms with Crippen LogP contribution in [0, 0.1) is 11.3 Å². The predicted molar refractivity (Wildman–Crippen MR) is 79.6 cm³/mol. The fourth-order valence-electron chi connectivity index (χ4n) is 1.50. The maximum Gasteiger partial charge on any atom is 0.0992 e. The highest BCUT2D eigenvalue weighted by atomic mass is 79.9. The van der Waals surface area contributed by atoms with Crippen LogP contribution < -0.4 is 5.32 Å². The van der Waals surface area contributed by atoms with E-state index >= 15 is 0 Å². The van der Waals surface area contributed by atoms with Crippen molar-refractivity contribution in [3.8, 4) is 6.07 Å². The maximum atomic E-state index is 8.89. The second-order valence-corrected chi connectivity index (χ2v) is 6.18. The van der Waals surface area contributed by atoms with Crippen molar-refractivity contribution >= 4 is 33.4 Å². The fraction of sp³-hybridized carbons (Fsp3) is 0.462. The monoisotopic (exact) mass is 312 g/mol. The summed E-state index contributed by atoms with van der Waals surface area (Å²) in [6, 6.07) is 8.30. The molecule has 1 unspecified atom stereocenters. The third-order valence-corrected chi connectivity index (χ3v) is 3.73. The summed E-state index contributed by atoms with van der Waals surface area (Å²) in [5, 5.41) is 12.3. The summed E-state index contributed by atoms with van der Waals surface area (Å²) in [6.45, 7) is 4.35. The normalized spacial score (nSPS) is 11.9. The molecule has 1 N–H and O–H groups in total. The van der Waals surface area contributed by atoms with Gasteiger partial charge < -0.3 is 5.32 Å². The molecule has 1 aromatic carbocycles. The number of anilines is 1. The maximum absolute atomic E-state index is 8.89. The molecule has 0 spiro atoms. The van der Waals surface area contributed by atoms with Crippen LogP contribution in [0.25, 0.3) is 0 Å². The summed E-state index contributed by atoms with van der Waals surface area (Å²) in [5.41, 5.74) is 1.68. The molecule has 1 rings (SSSR count). The van der Waals surface area contributed by atoms with E-state index in [9.17, 15) is 0 Å². The largest absolute Gasteiger partial charge is 0.382 e. The molecule has 0 bridgehead atoms. The van der Waals surface area contributed by atoms with Gasteiger partial charge in [-0.2, -0.15) is 17.0 Å².